The summed E-state index contributed by atoms with van der Waals surface area (Å²) in [6, 6.07) is 11.9. The largest absolute Gasteiger partial charge is 0.507 e. The number of aromatic nitrogens is 2. The number of phenols is 1. The van der Waals surface area contributed by atoms with E-state index in [1.807, 2.05) is 43.3 Å². The Morgan fingerprint density at radius 2 is 1.92 bits per heavy atom. The van der Waals surface area contributed by atoms with Gasteiger partial charge in [-0.1, -0.05) is 12.1 Å². The van der Waals surface area contributed by atoms with Crippen LogP contribution >= 0.6 is 0 Å². The van der Waals surface area contributed by atoms with Gasteiger partial charge in [-0.2, -0.15) is 0 Å². The van der Waals surface area contributed by atoms with Crippen LogP contribution in [-0.4, -0.2) is 45.1 Å². The smallest absolute Gasteiger partial charge is 0.339 e. The molecule has 0 saturated heterocycles. The number of carboxylic acid groups (broad SMARTS) is 1. The fourth-order valence-electron chi connectivity index (χ4n) is 2.50. The second kappa shape index (κ2) is 6.74. The van der Waals surface area contributed by atoms with Crippen molar-refractivity contribution in [1.29, 1.82) is 0 Å². The van der Waals surface area contributed by atoms with Crippen LogP contribution in [-0.2, 0) is 6.54 Å². The van der Waals surface area contributed by atoms with Gasteiger partial charge in [0, 0.05) is 17.1 Å². The maximum Gasteiger partial charge on any atom is 0.339 e. The van der Waals surface area contributed by atoms with Gasteiger partial charge in [0.1, 0.15) is 23.0 Å². The van der Waals surface area contributed by atoms with Crippen LogP contribution in [0.5, 0.6) is 5.75 Å². The molecule has 0 aliphatic rings. The maximum atomic E-state index is 11.0. The van der Waals surface area contributed by atoms with Crippen LogP contribution in [0.4, 0.5) is 11.5 Å². The standard InChI is InChI=1S/C18H18N4O3/c1-22(2)10-16-20-14-6-4-3-5-12(14)17(21-16)19-11-7-8-13(18(24)25)15(23)9-11/h3-9,23H,10H2,1-2H3,(H,24,25)(H,19,20,21). The Morgan fingerprint density at radius 1 is 1.16 bits per heavy atom. The molecular formula is C18H18N4O3. The Bertz CT molecular complexity index is 941. The van der Waals surface area contributed by atoms with E-state index in [0.29, 0.717) is 23.9 Å². The topological polar surface area (TPSA) is 98.6 Å². The lowest BCUT2D eigenvalue weighted by molar-refractivity contribution is 0.0694. The zero-order valence-corrected chi connectivity index (χ0v) is 13.9. The second-order valence-corrected chi connectivity index (χ2v) is 5.91. The third-order valence-electron chi connectivity index (χ3n) is 3.60. The van der Waals surface area contributed by atoms with E-state index < -0.39 is 5.97 Å². The predicted molar refractivity (Wildman–Crippen MR) is 95.3 cm³/mol. The molecule has 25 heavy (non-hydrogen) atoms. The summed E-state index contributed by atoms with van der Waals surface area (Å²) in [5, 5.41) is 22.9. The zero-order chi connectivity index (χ0) is 18.0. The van der Waals surface area contributed by atoms with E-state index in [-0.39, 0.29) is 11.3 Å². The number of nitrogens with one attached hydrogen (secondary N) is 1. The van der Waals surface area contributed by atoms with Crippen LogP contribution < -0.4 is 5.32 Å². The molecule has 0 spiro atoms. The van der Waals surface area contributed by atoms with Gasteiger partial charge in [0.05, 0.1) is 12.1 Å². The van der Waals surface area contributed by atoms with E-state index in [2.05, 4.69) is 15.3 Å². The summed E-state index contributed by atoms with van der Waals surface area (Å²) in [4.78, 5) is 22.1. The Balaban J connectivity index is 2.02. The molecule has 0 aliphatic carbocycles. The lowest BCUT2D eigenvalue weighted by Crippen LogP contribution is -2.14. The van der Waals surface area contributed by atoms with Crippen molar-refractivity contribution in [1.82, 2.24) is 14.9 Å². The fraction of sp³-hybridized carbons (Fsp3) is 0.167. The van der Waals surface area contributed by atoms with Crippen molar-refractivity contribution >= 4 is 28.4 Å². The molecule has 3 rings (SSSR count). The molecule has 0 bridgehead atoms. The zero-order valence-electron chi connectivity index (χ0n) is 13.9. The first-order chi connectivity index (χ1) is 11.9. The van der Waals surface area contributed by atoms with Gasteiger partial charge in [0.25, 0.3) is 0 Å². The number of benzene rings is 2. The molecule has 1 heterocycles. The summed E-state index contributed by atoms with van der Waals surface area (Å²) in [5.41, 5.74) is 1.21. The molecule has 128 valence electrons. The van der Waals surface area contributed by atoms with Crippen molar-refractivity contribution < 1.29 is 15.0 Å². The van der Waals surface area contributed by atoms with Crippen molar-refractivity contribution in [3.63, 3.8) is 0 Å². The van der Waals surface area contributed by atoms with E-state index in [1.54, 1.807) is 6.07 Å². The van der Waals surface area contributed by atoms with E-state index in [1.165, 1.54) is 12.1 Å². The summed E-state index contributed by atoms with van der Waals surface area (Å²) in [6.07, 6.45) is 0. The number of anilines is 2. The number of para-hydroxylation sites is 1. The van der Waals surface area contributed by atoms with E-state index in [9.17, 15) is 9.90 Å². The fourth-order valence-corrected chi connectivity index (χ4v) is 2.50. The first-order valence-electron chi connectivity index (χ1n) is 7.68. The van der Waals surface area contributed by atoms with Crippen LogP contribution in [0.3, 0.4) is 0 Å². The monoisotopic (exact) mass is 338 g/mol. The summed E-state index contributed by atoms with van der Waals surface area (Å²) in [6.45, 7) is 0.586. The van der Waals surface area contributed by atoms with E-state index in [0.717, 1.165) is 10.9 Å². The number of fused-ring (bicyclic) bond motifs is 1. The molecule has 2 aromatic carbocycles. The van der Waals surface area contributed by atoms with E-state index in [4.69, 9.17) is 5.11 Å². The number of aromatic carboxylic acids is 1. The third-order valence-corrected chi connectivity index (χ3v) is 3.60. The Hall–Kier alpha value is -3.19. The van der Waals surface area contributed by atoms with Gasteiger partial charge < -0.3 is 20.4 Å². The van der Waals surface area contributed by atoms with Crippen LogP contribution in [0, 0.1) is 0 Å². The average Bonchev–Trinajstić information content (AvgIpc) is 2.54. The third kappa shape index (κ3) is 3.67. The molecule has 0 fully saturated rings. The van der Waals surface area contributed by atoms with Crippen molar-refractivity contribution in [2.24, 2.45) is 0 Å². The molecule has 7 heteroatoms. The van der Waals surface area contributed by atoms with E-state index >= 15 is 0 Å². The van der Waals surface area contributed by atoms with Crippen LogP contribution in [0.1, 0.15) is 16.2 Å². The SMILES string of the molecule is CN(C)Cc1nc(Nc2ccc(C(=O)O)c(O)c2)c2ccccc2n1. The summed E-state index contributed by atoms with van der Waals surface area (Å²) < 4.78 is 0. The van der Waals surface area contributed by atoms with Gasteiger partial charge in [-0.15, -0.1) is 0 Å². The van der Waals surface area contributed by atoms with Gasteiger partial charge in [0.15, 0.2) is 0 Å². The lowest BCUT2D eigenvalue weighted by atomic mass is 10.1. The average molecular weight is 338 g/mol. The number of carboxylic acids is 1. The molecule has 3 aromatic rings. The number of hydrogen-bond donors (Lipinski definition) is 3. The molecule has 0 amide bonds. The molecule has 0 atom stereocenters. The van der Waals surface area contributed by atoms with Crippen LogP contribution in [0.25, 0.3) is 10.9 Å². The van der Waals surface area contributed by atoms with Crippen molar-refractivity contribution in [2.75, 3.05) is 19.4 Å². The normalized spacial score (nSPS) is 11.0. The molecule has 7 nitrogen and oxygen atoms in total. The van der Waals surface area contributed by atoms with Crippen LogP contribution in [0.2, 0.25) is 0 Å². The predicted octanol–water partition coefficient (Wildman–Crippen LogP) is 2.84. The number of rotatable bonds is 5. The van der Waals surface area contributed by atoms with Crippen LogP contribution in [0.15, 0.2) is 42.5 Å². The van der Waals surface area contributed by atoms with Gasteiger partial charge in [-0.05, 0) is 38.4 Å². The minimum Gasteiger partial charge on any atom is -0.507 e. The molecule has 0 unspecified atom stereocenters. The molecular weight excluding hydrogens is 320 g/mol. The number of aromatic hydroxyl groups is 1. The van der Waals surface area contributed by atoms with Crippen molar-refractivity contribution in [2.45, 2.75) is 6.54 Å². The highest BCUT2D eigenvalue weighted by Crippen LogP contribution is 2.27. The van der Waals surface area contributed by atoms with Crippen molar-refractivity contribution in [3.8, 4) is 5.75 Å². The molecule has 3 N–H and O–H groups in total. The quantitative estimate of drug-likeness (QED) is 0.658. The molecule has 0 radical (unpaired) electrons. The Kier molecular flexibility index (Phi) is 4.49. The van der Waals surface area contributed by atoms with Gasteiger partial charge in [-0.25, -0.2) is 14.8 Å². The van der Waals surface area contributed by atoms with Gasteiger partial charge in [-0.3, -0.25) is 0 Å². The lowest BCUT2D eigenvalue weighted by Gasteiger charge is -2.13. The minimum absolute atomic E-state index is 0.147. The summed E-state index contributed by atoms with van der Waals surface area (Å²) in [7, 11) is 3.88. The molecule has 1 aromatic heterocycles. The molecule has 0 aliphatic heterocycles. The first-order valence-corrected chi connectivity index (χ1v) is 7.68. The number of nitrogens with zero attached hydrogens (tertiary/aromatic N) is 3. The maximum absolute atomic E-state index is 11.0. The Labute approximate surface area is 144 Å². The summed E-state index contributed by atoms with van der Waals surface area (Å²) in [5.74, 6) is -0.211. The number of hydrogen-bond acceptors (Lipinski definition) is 6. The Morgan fingerprint density at radius 3 is 2.60 bits per heavy atom. The molecule has 0 saturated carbocycles. The highest BCUT2D eigenvalue weighted by molar-refractivity contribution is 5.93. The van der Waals surface area contributed by atoms with Gasteiger partial charge in [0.2, 0.25) is 0 Å². The van der Waals surface area contributed by atoms with Crippen molar-refractivity contribution in [3.05, 3.63) is 53.9 Å². The summed E-state index contributed by atoms with van der Waals surface area (Å²) >= 11 is 0. The minimum atomic E-state index is -1.18. The highest BCUT2D eigenvalue weighted by Gasteiger charge is 2.12. The second-order valence-electron chi connectivity index (χ2n) is 5.91. The van der Waals surface area contributed by atoms with Gasteiger partial charge >= 0.3 is 5.97 Å². The highest BCUT2D eigenvalue weighted by atomic mass is 16.4. The number of carbonyl (C=O) groups is 1. The first kappa shape index (κ1) is 16.7.